The van der Waals surface area contributed by atoms with Crippen molar-refractivity contribution in [3.05, 3.63) is 48.4 Å². The van der Waals surface area contributed by atoms with Crippen molar-refractivity contribution in [2.24, 2.45) is 0 Å². The Morgan fingerprint density at radius 3 is 2.66 bits per heavy atom. The minimum Gasteiger partial charge on any atom is -0.441 e. The van der Waals surface area contributed by atoms with Crippen molar-refractivity contribution >= 4 is 17.3 Å². The second kappa shape index (κ2) is 10.1. The van der Waals surface area contributed by atoms with Gasteiger partial charge in [0.1, 0.15) is 5.67 Å². The molecule has 38 heavy (non-hydrogen) atoms. The maximum atomic E-state index is 15.9. The topological polar surface area (TPSA) is 75.4 Å². The predicted octanol–water partition coefficient (Wildman–Crippen LogP) is 3.72. The van der Waals surface area contributed by atoms with Crippen molar-refractivity contribution in [1.82, 2.24) is 24.4 Å². The number of piperidine rings is 1. The lowest BCUT2D eigenvalue weighted by molar-refractivity contribution is -0.104. The van der Waals surface area contributed by atoms with Crippen LogP contribution in [0.1, 0.15) is 32.3 Å². The first kappa shape index (κ1) is 25.1. The normalized spacial score (nSPS) is 23.2. The molecule has 0 aromatic carbocycles. The summed E-state index contributed by atoms with van der Waals surface area (Å²) in [6.45, 7) is 9.16. The van der Waals surface area contributed by atoms with Crippen molar-refractivity contribution in [3.63, 3.8) is 0 Å². The van der Waals surface area contributed by atoms with Crippen LogP contribution in [0, 0.1) is 0 Å². The summed E-state index contributed by atoms with van der Waals surface area (Å²) in [5.41, 5.74) is 3.03. The third kappa shape index (κ3) is 4.82. The van der Waals surface area contributed by atoms with Crippen LogP contribution in [0.25, 0.3) is 16.8 Å². The van der Waals surface area contributed by atoms with E-state index < -0.39 is 5.67 Å². The molecule has 3 fully saturated rings. The molecule has 0 saturated carbocycles. The zero-order chi connectivity index (χ0) is 26.3. The Bertz CT molecular complexity index is 1290. The number of amides is 1. The first-order valence-electron chi connectivity index (χ1n) is 13.6. The highest BCUT2D eigenvalue weighted by atomic mass is 19.1. The first-order valence-corrected chi connectivity index (χ1v) is 13.6. The molecule has 6 heterocycles. The van der Waals surface area contributed by atoms with E-state index in [4.69, 9.17) is 9.47 Å². The minimum absolute atomic E-state index is 0.116. The number of hydrogen-bond acceptors (Lipinski definition) is 7. The van der Waals surface area contributed by atoms with Crippen LogP contribution in [-0.4, -0.2) is 95.1 Å². The minimum atomic E-state index is -1.37. The maximum absolute atomic E-state index is 15.9. The van der Waals surface area contributed by atoms with Gasteiger partial charge in [0.15, 0.2) is 6.10 Å². The van der Waals surface area contributed by atoms with Crippen LogP contribution in [0.15, 0.2) is 42.9 Å². The molecule has 0 radical (unpaired) electrons. The highest BCUT2D eigenvalue weighted by Gasteiger charge is 2.38. The first-order chi connectivity index (χ1) is 18.4. The van der Waals surface area contributed by atoms with Gasteiger partial charge >= 0.3 is 6.09 Å². The standard InChI is InChI=1S/C28H35FN6O3/c1-20(2)34-9-3-7-28(29,19-34)22-4-5-24(30-15-22)21-14-26-25(6-8-31-35(26)16-21)32-10-12-33(13-11-32)27(36)38-23-17-37-18-23/h4-6,8,14-16,20,23H,3,7,9-13,17-19H2,1-2H3/t28-/m0/s1. The fourth-order valence-electron chi connectivity index (χ4n) is 5.59. The van der Waals surface area contributed by atoms with E-state index in [1.54, 1.807) is 17.3 Å². The number of nitrogens with zero attached hydrogens (tertiary/aromatic N) is 6. The predicted molar refractivity (Wildman–Crippen MR) is 142 cm³/mol. The van der Waals surface area contributed by atoms with Gasteiger partial charge in [-0.1, -0.05) is 6.07 Å². The quantitative estimate of drug-likeness (QED) is 0.506. The fourth-order valence-corrected chi connectivity index (χ4v) is 5.59. The van der Waals surface area contributed by atoms with E-state index in [2.05, 4.69) is 39.8 Å². The Balaban J connectivity index is 1.16. The summed E-state index contributed by atoms with van der Waals surface area (Å²) in [5, 5.41) is 4.50. The van der Waals surface area contributed by atoms with Crippen LogP contribution in [0.5, 0.6) is 0 Å². The molecule has 0 bridgehead atoms. The molecule has 3 aliphatic heterocycles. The van der Waals surface area contributed by atoms with E-state index in [0.717, 1.165) is 35.4 Å². The summed E-state index contributed by atoms with van der Waals surface area (Å²) in [6.07, 6.45) is 6.44. The highest BCUT2D eigenvalue weighted by molar-refractivity contribution is 5.79. The molecular weight excluding hydrogens is 487 g/mol. The lowest BCUT2D eigenvalue weighted by atomic mass is 9.87. The van der Waals surface area contributed by atoms with Crippen LogP contribution in [0.2, 0.25) is 0 Å². The molecule has 6 rings (SSSR count). The van der Waals surface area contributed by atoms with Gasteiger partial charge in [-0.05, 0) is 51.4 Å². The van der Waals surface area contributed by atoms with Gasteiger partial charge in [0, 0.05) is 68.5 Å². The SMILES string of the molecule is CC(C)N1CCC[C@@](F)(c2ccc(-c3cc4c(N5CCN(C(=O)OC6COC6)CC5)ccnn4c3)nc2)C1. The highest BCUT2D eigenvalue weighted by Crippen LogP contribution is 2.37. The maximum Gasteiger partial charge on any atom is 0.410 e. The van der Waals surface area contributed by atoms with Gasteiger partial charge in [-0.2, -0.15) is 5.10 Å². The summed E-state index contributed by atoms with van der Waals surface area (Å²) in [4.78, 5) is 23.3. The van der Waals surface area contributed by atoms with Crippen LogP contribution in [0.3, 0.4) is 0 Å². The van der Waals surface area contributed by atoms with Crippen molar-refractivity contribution in [2.75, 3.05) is 57.4 Å². The Hall–Kier alpha value is -3.24. The molecule has 202 valence electrons. The fraction of sp³-hybridized carbons (Fsp3) is 0.536. The number of fused-ring (bicyclic) bond motifs is 1. The molecule has 3 aliphatic rings. The van der Waals surface area contributed by atoms with Gasteiger partial charge < -0.3 is 19.3 Å². The summed E-state index contributed by atoms with van der Waals surface area (Å²) in [6, 6.07) is 8.21. The lowest BCUT2D eigenvalue weighted by Gasteiger charge is -2.39. The molecule has 10 heteroatoms. The largest absolute Gasteiger partial charge is 0.441 e. The van der Waals surface area contributed by atoms with Gasteiger partial charge in [-0.3, -0.25) is 9.88 Å². The number of piperazine rings is 1. The summed E-state index contributed by atoms with van der Waals surface area (Å²) in [7, 11) is 0. The molecule has 0 unspecified atom stereocenters. The van der Waals surface area contributed by atoms with E-state index in [-0.39, 0.29) is 12.2 Å². The number of halogens is 1. The van der Waals surface area contributed by atoms with Crippen molar-refractivity contribution in [1.29, 1.82) is 0 Å². The van der Waals surface area contributed by atoms with E-state index in [1.807, 2.05) is 28.9 Å². The van der Waals surface area contributed by atoms with Crippen molar-refractivity contribution < 1.29 is 18.7 Å². The van der Waals surface area contributed by atoms with E-state index in [1.165, 1.54) is 0 Å². The second-order valence-electron chi connectivity index (χ2n) is 10.9. The Labute approximate surface area is 222 Å². The number of carbonyl (C=O) groups is 1. The number of anilines is 1. The summed E-state index contributed by atoms with van der Waals surface area (Å²) in [5.74, 6) is 0. The zero-order valence-corrected chi connectivity index (χ0v) is 22.1. The molecule has 0 N–H and O–H groups in total. The average molecular weight is 523 g/mol. The van der Waals surface area contributed by atoms with Crippen molar-refractivity contribution in [3.8, 4) is 11.3 Å². The Morgan fingerprint density at radius 1 is 1.16 bits per heavy atom. The molecule has 9 nitrogen and oxygen atoms in total. The molecule has 0 spiro atoms. The number of aromatic nitrogens is 3. The molecule has 1 atom stereocenters. The smallest absolute Gasteiger partial charge is 0.410 e. The summed E-state index contributed by atoms with van der Waals surface area (Å²) < 4.78 is 28.3. The third-order valence-electron chi connectivity index (χ3n) is 8.02. The van der Waals surface area contributed by atoms with Gasteiger partial charge in [-0.25, -0.2) is 13.7 Å². The van der Waals surface area contributed by atoms with Crippen LogP contribution < -0.4 is 4.90 Å². The van der Waals surface area contributed by atoms with Crippen LogP contribution >= 0.6 is 0 Å². The molecule has 3 aromatic rings. The molecular formula is C28H35FN6O3. The number of rotatable bonds is 5. The van der Waals surface area contributed by atoms with E-state index >= 15 is 4.39 Å². The monoisotopic (exact) mass is 522 g/mol. The second-order valence-corrected chi connectivity index (χ2v) is 10.9. The third-order valence-corrected chi connectivity index (χ3v) is 8.02. The van der Waals surface area contributed by atoms with Gasteiger partial charge in [0.25, 0.3) is 0 Å². The Morgan fingerprint density at radius 2 is 1.97 bits per heavy atom. The molecule has 0 aliphatic carbocycles. The number of hydrogen-bond donors (Lipinski definition) is 0. The van der Waals surface area contributed by atoms with Crippen LogP contribution in [0.4, 0.5) is 14.9 Å². The lowest BCUT2D eigenvalue weighted by Crippen LogP contribution is -2.51. The average Bonchev–Trinajstić information content (AvgIpc) is 3.35. The van der Waals surface area contributed by atoms with Gasteiger partial charge in [0.2, 0.25) is 0 Å². The molecule has 3 saturated heterocycles. The number of alkyl halides is 1. The number of pyridine rings is 1. The number of carbonyl (C=O) groups excluding carboxylic acids is 1. The van der Waals surface area contributed by atoms with Gasteiger partial charge in [0.05, 0.1) is 30.1 Å². The molecule has 3 aromatic heterocycles. The van der Waals surface area contributed by atoms with Gasteiger partial charge in [-0.15, -0.1) is 0 Å². The Kier molecular flexibility index (Phi) is 6.69. The van der Waals surface area contributed by atoms with Crippen molar-refractivity contribution in [2.45, 2.75) is 44.5 Å². The number of ether oxygens (including phenoxy) is 2. The zero-order valence-electron chi connectivity index (χ0n) is 22.1. The van der Waals surface area contributed by atoms with Crippen LogP contribution in [-0.2, 0) is 15.1 Å². The van der Waals surface area contributed by atoms with E-state index in [0.29, 0.717) is 64.0 Å². The molecule has 1 amide bonds. The van der Waals surface area contributed by atoms with E-state index in [9.17, 15) is 4.79 Å². The summed E-state index contributed by atoms with van der Waals surface area (Å²) >= 11 is 0. The number of likely N-dealkylation sites (tertiary alicyclic amines) is 1.